The highest BCUT2D eigenvalue weighted by molar-refractivity contribution is 7.19. The van der Waals surface area contributed by atoms with Gasteiger partial charge in [0.2, 0.25) is 10.7 Å². The van der Waals surface area contributed by atoms with Crippen molar-refractivity contribution < 1.29 is 14.4 Å². The second-order valence-corrected chi connectivity index (χ2v) is 5.70. The highest BCUT2D eigenvalue weighted by Gasteiger charge is 2.20. The van der Waals surface area contributed by atoms with Crippen LogP contribution >= 0.6 is 11.3 Å². The average Bonchev–Trinajstić information content (AvgIpc) is 3.11. The third-order valence-electron chi connectivity index (χ3n) is 3.22. The van der Waals surface area contributed by atoms with Gasteiger partial charge in [-0.15, -0.1) is 5.10 Å². The molecule has 7 nitrogen and oxygen atoms in total. The van der Waals surface area contributed by atoms with Crippen molar-refractivity contribution in [3.63, 3.8) is 0 Å². The van der Waals surface area contributed by atoms with Crippen molar-refractivity contribution in [3.05, 3.63) is 40.9 Å². The molecule has 23 heavy (non-hydrogen) atoms. The number of rotatable bonds is 4. The fraction of sp³-hybridized carbons (Fsp3) is 0.200. The van der Waals surface area contributed by atoms with Crippen molar-refractivity contribution in [1.29, 1.82) is 0 Å². The van der Waals surface area contributed by atoms with Crippen molar-refractivity contribution in [2.75, 3.05) is 14.2 Å². The second-order valence-electron chi connectivity index (χ2n) is 4.69. The summed E-state index contributed by atoms with van der Waals surface area (Å²) < 4.78 is 6.33. The van der Waals surface area contributed by atoms with E-state index in [1.165, 1.54) is 25.6 Å². The number of aryl methyl sites for hydroxylation is 1. The summed E-state index contributed by atoms with van der Waals surface area (Å²) >= 11 is 1.29. The Bertz CT molecular complexity index is 866. The van der Waals surface area contributed by atoms with Crippen molar-refractivity contribution in [2.45, 2.75) is 6.92 Å². The van der Waals surface area contributed by atoms with E-state index >= 15 is 0 Å². The minimum absolute atomic E-state index is 0.0877. The van der Waals surface area contributed by atoms with Gasteiger partial charge in [-0.3, -0.25) is 0 Å². The number of hydrogen-bond donors (Lipinski definition) is 0. The predicted octanol–water partition coefficient (Wildman–Crippen LogP) is 2.29. The molecule has 0 amide bonds. The predicted molar refractivity (Wildman–Crippen MR) is 86.6 cm³/mol. The molecule has 3 rings (SSSR count). The van der Waals surface area contributed by atoms with Crippen LogP contribution in [0.5, 0.6) is 0 Å². The molecule has 0 aliphatic rings. The fourth-order valence-corrected chi connectivity index (χ4v) is 3.00. The van der Waals surface area contributed by atoms with Crippen molar-refractivity contribution in [3.8, 4) is 11.4 Å². The van der Waals surface area contributed by atoms with Gasteiger partial charge in [-0.2, -0.15) is 4.98 Å². The van der Waals surface area contributed by atoms with Crippen LogP contribution < -0.4 is 0 Å². The van der Waals surface area contributed by atoms with Gasteiger partial charge in [0.15, 0.2) is 5.82 Å². The van der Waals surface area contributed by atoms with Crippen LogP contribution in [0.25, 0.3) is 16.3 Å². The van der Waals surface area contributed by atoms with Crippen molar-refractivity contribution in [1.82, 2.24) is 14.6 Å². The number of carbonyl (C=O) groups is 1. The number of carbonyl (C=O) groups excluding carboxylic acids is 1. The second kappa shape index (κ2) is 6.17. The maximum atomic E-state index is 11.8. The van der Waals surface area contributed by atoms with Crippen molar-refractivity contribution >= 4 is 28.0 Å². The zero-order valence-electron chi connectivity index (χ0n) is 12.8. The molecule has 0 aliphatic heterocycles. The average molecular weight is 330 g/mol. The first kappa shape index (κ1) is 15.2. The number of oxime groups is 1. The normalized spacial score (nSPS) is 11.7. The first-order chi connectivity index (χ1) is 11.1. The zero-order chi connectivity index (χ0) is 16.4. The van der Waals surface area contributed by atoms with Crippen LogP contribution in [0.4, 0.5) is 0 Å². The van der Waals surface area contributed by atoms with Gasteiger partial charge in [0.1, 0.15) is 7.11 Å². The summed E-state index contributed by atoms with van der Waals surface area (Å²) in [6.07, 6.45) is 1.68. The molecule has 1 aromatic carbocycles. The molecule has 0 aliphatic carbocycles. The number of hydrogen-bond acceptors (Lipinski definition) is 7. The molecule has 2 aromatic heterocycles. The molecule has 0 spiro atoms. The monoisotopic (exact) mass is 330 g/mol. The summed E-state index contributed by atoms with van der Waals surface area (Å²) in [5.41, 5.74) is 2.16. The Hall–Kier alpha value is -2.74. The number of benzene rings is 1. The lowest BCUT2D eigenvalue weighted by atomic mass is 10.1. The first-order valence-corrected chi connectivity index (χ1v) is 7.57. The Balaban J connectivity index is 2.02. The Kier molecular flexibility index (Phi) is 4.07. The summed E-state index contributed by atoms with van der Waals surface area (Å²) in [7, 11) is 2.66. The van der Waals surface area contributed by atoms with E-state index in [2.05, 4.69) is 15.2 Å². The molecule has 8 heteroatoms. The molecule has 118 valence electrons. The van der Waals surface area contributed by atoms with E-state index in [1.54, 1.807) is 10.7 Å². The quantitative estimate of drug-likeness (QED) is 0.417. The molecular formula is C15H14N4O3S. The minimum Gasteiger partial charge on any atom is -0.464 e. The third-order valence-corrected chi connectivity index (χ3v) is 4.20. The van der Waals surface area contributed by atoms with E-state index in [4.69, 9.17) is 9.57 Å². The van der Waals surface area contributed by atoms with Crippen LogP contribution in [0.1, 0.15) is 10.4 Å². The largest absolute Gasteiger partial charge is 0.464 e. The molecule has 0 bridgehead atoms. The van der Waals surface area contributed by atoms with Gasteiger partial charge in [-0.05, 0) is 12.5 Å². The van der Waals surface area contributed by atoms with E-state index in [0.717, 1.165) is 11.1 Å². The van der Waals surface area contributed by atoms with Gasteiger partial charge in [-0.1, -0.05) is 40.8 Å². The van der Waals surface area contributed by atoms with E-state index in [0.29, 0.717) is 15.7 Å². The van der Waals surface area contributed by atoms with Gasteiger partial charge in [0.05, 0.1) is 18.2 Å². The van der Waals surface area contributed by atoms with E-state index < -0.39 is 5.97 Å². The summed E-state index contributed by atoms with van der Waals surface area (Å²) in [4.78, 5) is 22.2. The maximum absolute atomic E-state index is 11.8. The Morgan fingerprint density at radius 3 is 2.74 bits per heavy atom. The van der Waals surface area contributed by atoms with Gasteiger partial charge >= 0.3 is 5.97 Å². The smallest absolute Gasteiger partial charge is 0.361 e. The molecule has 0 N–H and O–H groups in total. The Morgan fingerprint density at radius 1 is 1.30 bits per heavy atom. The number of esters is 1. The summed E-state index contributed by atoms with van der Waals surface area (Å²) in [6.45, 7) is 2.01. The van der Waals surface area contributed by atoms with Crippen LogP contribution in [0.3, 0.4) is 0 Å². The number of fused-ring (bicyclic) bond motifs is 1. The number of thiazole rings is 1. The molecular weight excluding hydrogens is 316 g/mol. The first-order valence-electron chi connectivity index (χ1n) is 6.76. The molecule has 0 radical (unpaired) electrons. The third kappa shape index (κ3) is 2.80. The van der Waals surface area contributed by atoms with Gasteiger partial charge in [0.25, 0.3) is 0 Å². The number of aromatic nitrogens is 3. The topological polar surface area (TPSA) is 78.1 Å². The van der Waals surface area contributed by atoms with Crippen LogP contribution in [-0.2, 0) is 14.4 Å². The lowest BCUT2D eigenvalue weighted by molar-refractivity contribution is -0.132. The van der Waals surface area contributed by atoms with Gasteiger partial charge in [0, 0.05) is 5.56 Å². The van der Waals surface area contributed by atoms with E-state index in [1.807, 2.05) is 31.2 Å². The van der Waals surface area contributed by atoms with Gasteiger partial charge < -0.3 is 9.57 Å². The fourth-order valence-electron chi connectivity index (χ4n) is 2.12. The SMILES string of the molecule is CO/N=C(\C(=O)OC)c1cn2nc(-c3ccccc3C)nc2s1. The number of methoxy groups -OCH3 is 1. The summed E-state index contributed by atoms with van der Waals surface area (Å²) in [5, 5.41) is 8.18. The molecule has 0 unspecified atom stereocenters. The Morgan fingerprint density at radius 2 is 2.09 bits per heavy atom. The molecule has 0 atom stereocenters. The molecule has 2 heterocycles. The Labute approximate surface area is 136 Å². The van der Waals surface area contributed by atoms with Crippen LogP contribution in [0.2, 0.25) is 0 Å². The zero-order valence-corrected chi connectivity index (χ0v) is 13.6. The van der Waals surface area contributed by atoms with Crippen LogP contribution in [0.15, 0.2) is 35.6 Å². The lowest BCUT2D eigenvalue weighted by Crippen LogP contribution is -2.16. The number of nitrogens with zero attached hydrogens (tertiary/aromatic N) is 4. The maximum Gasteiger partial charge on any atom is 0.361 e. The summed E-state index contributed by atoms with van der Waals surface area (Å²) in [5.74, 6) is 0.0691. The lowest BCUT2D eigenvalue weighted by Gasteiger charge is -2.00. The standard InChI is InChI=1S/C15H14N4O3S/c1-9-6-4-5-7-10(9)13-16-15-19(17-13)8-11(23-15)12(18-22-3)14(20)21-2/h4-8H,1-3H3/b18-12-. The number of ether oxygens (including phenoxy) is 1. The van der Waals surface area contributed by atoms with Crippen LogP contribution in [-0.4, -0.2) is 40.5 Å². The molecule has 0 saturated heterocycles. The molecule has 0 fully saturated rings. The van der Waals surface area contributed by atoms with Crippen LogP contribution in [0, 0.1) is 6.92 Å². The molecule has 3 aromatic rings. The van der Waals surface area contributed by atoms with E-state index in [-0.39, 0.29) is 5.71 Å². The minimum atomic E-state index is -0.574. The van der Waals surface area contributed by atoms with E-state index in [9.17, 15) is 4.79 Å². The van der Waals surface area contributed by atoms with Crippen molar-refractivity contribution in [2.24, 2.45) is 5.16 Å². The molecule has 0 saturated carbocycles. The summed E-state index contributed by atoms with van der Waals surface area (Å²) in [6, 6.07) is 7.90. The van der Waals surface area contributed by atoms with Gasteiger partial charge in [-0.25, -0.2) is 9.31 Å². The highest BCUT2D eigenvalue weighted by Crippen LogP contribution is 2.24. The highest BCUT2D eigenvalue weighted by atomic mass is 32.1.